The van der Waals surface area contributed by atoms with Crippen LogP contribution in [0, 0.1) is 5.92 Å². The van der Waals surface area contributed by atoms with Crippen LogP contribution in [-0.4, -0.2) is 71.9 Å². The Balaban J connectivity index is 2.13. The molecule has 0 aromatic carbocycles. The minimum Gasteiger partial charge on any atom is -0.481 e. The van der Waals surface area contributed by atoms with Gasteiger partial charge in [0, 0.05) is 18.5 Å². The minimum atomic E-state index is -1.28. The molecule has 1 aliphatic heterocycles. The molecule has 0 unspecified atom stereocenters. The Labute approximate surface area is 178 Å². The van der Waals surface area contributed by atoms with E-state index in [1.807, 2.05) is 0 Å². The van der Waals surface area contributed by atoms with E-state index in [0.717, 1.165) is 0 Å². The molecule has 4 amide bonds. The van der Waals surface area contributed by atoms with Crippen LogP contribution in [0.25, 0.3) is 0 Å². The number of rotatable bonds is 6. The standard InChI is InChI=1S/C18H29N7O6/c19-18(20)21-5-1-2-11-16(30)22-8-13(26)24-12(7-14(27)28)17(31)23-10-4-3-9(6-10)15(29)25-11/h9-12H,1-8H2,(H,22,30)(H,23,31)(H,24,26)(H,25,29)(H,27,28)(H4,19,20,21)/t9-,10+,11+,12+/m1/s1. The molecule has 2 fully saturated rings. The SMILES string of the molecule is NC(N)=NCCC[C@@H]1NC(=O)[C@@H]2CC[C@@H](C2)NC(=O)[C@H](CC(=O)O)NC(=O)CNC1=O. The first-order chi connectivity index (χ1) is 14.7. The fraction of sp³-hybridized carbons (Fsp3) is 0.667. The second kappa shape index (κ2) is 11.1. The van der Waals surface area contributed by atoms with Gasteiger partial charge in [-0.05, 0) is 32.1 Å². The van der Waals surface area contributed by atoms with Crippen LogP contribution in [0.15, 0.2) is 4.99 Å². The first kappa shape index (κ1) is 23.9. The molecule has 172 valence electrons. The Morgan fingerprint density at radius 2 is 1.74 bits per heavy atom. The van der Waals surface area contributed by atoms with Crippen molar-refractivity contribution in [1.82, 2.24) is 21.3 Å². The predicted molar refractivity (Wildman–Crippen MR) is 108 cm³/mol. The fourth-order valence-corrected chi connectivity index (χ4v) is 3.63. The lowest BCUT2D eigenvalue weighted by atomic mass is 10.0. The van der Waals surface area contributed by atoms with Crippen molar-refractivity contribution in [3.05, 3.63) is 0 Å². The lowest BCUT2D eigenvalue weighted by molar-refractivity contribution is -0.141. The number of hydrogen-bond donors (Lipinski definition) is 7. The van der Waals surface area contributed by atoms with Gasteiger partial charge in [-0.2, -0.15) is 0 Å². The van der Waals surface area contributed by atoms with Crippen LogP contribution in [0.5, 0.6) is 0 Å². The van der Waals surface area contributed by atoms with Gasteiger partial charge in [0.15, 0.2) is 5.96 Å². The molecule has 4 atom stereocenters. The topological polar surface area (TPSA) is 218 Å². The summed E-state index contributed by atoms with van der Waals surface area (Å²) in [7, 11) is 0. The molecule has 0 radical (unpaired) electrons. The highest BCUT2D eigenvalue weighted by molar-refractivity contribution is 5.94. The number of carbonyl (C=O) groups is 5. The quantitative estimate of drug-likeness (QED) is 0.127. The van der Waals surface area contributed by atoms with E-state index >= 15 is 0 Å². The summed E-state index contributed by atoms with van der Waals surface area (Å²) in [5.41, 5.74) is 10.6. The summed E-state index contributed by atoms with van der Waals surface area (Å²) in [6.45, 7) is -0.202. The van der Waals surface area contributed by atoms with Gasteiger partial charge in [-0.3, -0.25) is 29.0 Å². The summed E-state index contributed by atoms with van der Waals surface area (Å²) in [6.07, 6.45) is 1.47. The van der Waals surface area contributed by atoms with Crippen molar-refractivity contribution in [1.29, 1.82) is 0 Å². The van der Waals surface area contributed by atoms with Gasteiger partial charge in [0.1, 0.15) is 12.1 Å². The average molecular weight is 439 g/mol. The van der Waals surface area contributed by atoms with E-state index in [0.29, 0.717) is 25.7 Å². The summed E-state index contributed by atoms with van der Waals surface area (Å²) < 4.78 is 0. The second-order valence-electron chi connectivity index (χ2n) is 7.66. The molecule has 0 aromatic rings. The highest BCUT2D eigenvalue weighted by atomic mass is 16.4. The number of nitrogens with two attached hydrogens (primary N) is 2. The molecule has 1 saturated heterocycles. The Hall–Kier alpha value is -3.38. The summed E-state index contributed by atoms with van der Waals surface area (Å²) in [5.74, 6) is -3.97. The monoisotopic (exact) mass is 439 g/mol. The van der Waals surface area contributed by atoms with E-state index in [9.17, 15) is 24.0 Å². The third-order valence-electron chi connectivity index (χ3n) is 5.18. The number of carbonyl (C=O) groups excluding carboxylic acids is 4. The predicted octanol–water partition coefficient (Wildman–Crippen LogP) is -3.10. The fourth-order valence-electron chi connectivity index (χ4n) is 3.63. The Morgan fingerprint density at radius 3 is 2.42 bits per heavy atom. The molecule has 9 N–H and O–H groups in total. The zero-order chi connectivity index (χ0) is 23.0. The number of carboxylic acids is 1. The molecular formula is C18H29N7O6. The van der Waals surface area contributed by atoms with E-state index in [2.05, 4.69) is 26.3 Å². The van der Waals surface area contributed by atoms with Crippen molar-refractivity contribution in [2.45, 2.75) is 56.7 Å². The normalized spacial score (nSPS) is 27.2. The molecule has 0 aromatic heterocycles. The molecule has 1 heterocycles. The van der Waals surface area contributed by atoms with Crippen molar-refractivity contribution in [2.24, 2.45) is 22.4 Å². The van der Waals surface area contributed by atoms with Crippen LogP contribution in [0.3, 0.4) is 0 Å². The summed E-state index contributed by atoms with van der Waals surface area (Å²) in [5, 5.41) is 19.2. The maximum Gasteiger partial charge on any atom is 0.305 e. The maximum atomic E-state index is 12.7. The lowest BCUT2D eigenvalue weighted by Crippen LogP contribution is -2.54. The molecule has 31 heavy (non-hydrogen) atoms. The van der Waals surface area contributed by atoms with Gasteiger partial charge in [0.05, 0.1) is 13.0 Å². The number of guanidine groups is 1. The van der Waals surface area contributed by atoms with Crippen molar-refractivity contribution in [2.75, 3.05) is 13.1 Å². The smallest absolute Gasteiger partial charge is 0.305 e. The molecule has 13 nitrogen and oxygen atoms in total. The highest BCUT2D eigenvalue weighted by Crippen LogP contribution is 2.26. The molecule has 13 heteroatoms. The Bertz CT molecular complexity index is 752. The van der Waals surface area contributed by atoms with Crippen LogP contribution in [0.2, 0.25) is 0 Å². The van der Waals surface area contributed by atoms with Crippen molar-refractivity contribution in [3.8, 4) is 0 Å². The van der Waals surface area contributed by atoms with E-state index < -0.39 is 54.7 Å². The minimum absolute atomic E-state index is 0.0777. The second-order valence-corrected chi connectivity index (χ2v) is 7.66. The molecule has 2 aliphatic rings. The highest BCUT2D eigenvalue weighted by Gasteiger charge is 2.35. The number of fused-ring (bicyclic) bond motifs is 2. The van der Waals surface area contributed by atoms with Crippen LogP contribution in [0.1, 0.15) is 38.5 Å². The van der Waals surface area contributed by atoms with Gasteiger partial charge in [-0.15, -0.1) is 0 Å². The van der Waals surface area contributed by atoms with Crippen LogP contribution in [-0.2, 0) is 24.0 Å². The van der Waals surface area contributed by atoms with Gasteiger partial charge < -0.3 is 37.8 Å². The number of aliphatic imine (C=N–C) groups is 1. The molecular weight excluding hydrogens is 410 g/mol. The number of nitrogens with zero attached hydrogens (tertiary/aromatic N) is 1. The molecule has 2 bridgehead atoms. The zero-order valence-electron chi connectivity index (χ0n) is 17.1. The first-order valence-corrected chi connectivity index (χ1v) is 10.1. The van der Waals surface area contributed by atoms with E-state index in [1.54, 1.807) is 0 Å². The van der Waals surface area contributed by atoms with E-state index in [4.69, 9.17) is 16.6 Å². The number of aliphatic carboxylic acids is 1. The Kier molecular flexibility index (Phi) is 8.58. The maximum absolute atomic E-state index is 12.7. The molecule has 0 spiro atoms. The lowest BCUT2D eigenvalue weighted by Gasteiger charge is -2.23. The van der Waals surface area contributed by atoms with Gasteiger partial charge in [0.2, 0.25) is 23.6 Å². The summed E-state index contributed by atoms with van der Waals surface area (Å²) in [4.78, 5) is 64.8. The van der Waals surface area contributed by atoms with Gasteiger partial charge >= 0.3 is 5.97 Å². The Morgan fingerprint density at radius 1 is 1.00 bits per heavy atom. The summed E-state index contributed by atoms with van der Waals surface area (Å²) >= 11 is 0. The molecule has 1 saturated carbocycles. The van der Waals surface area contributed by atoms with Crippen molar-refractivity contribution >= 4 is 35.6 Å². The van der Waals surface area contributed by atoms with Gasteiger partial charge in [-0.25, -0.2) is 0 Å². The number of amides is 4. The first-order valence-electron chi connectivity index (χ1n) is 10.1. The largest absolute Gasteiger partial charge is 0.481 e. The third kappa shape index (κ3) is 7.75. The van der Waals surface area contributed by atoms with Crippen LogP contribution >= 0.6 is 0 Å². The van der Waals surface area contributed by atoms with E-state index in [1.165, 1.54) is 0 Å². The average Bonchev–Trinajstić information content (AvgIpc) is 3.15. The number of hydrogen-bond acceptors (Lipinski definition) is 6. The number of carboxylic acid groups (broad SMARTS) is 1. The molecule has 1 aliphatic carbocycles. The number of nitrogens with one attached hydrogen (secondary N) is 4. The summed E-state index contributed by atoms with van der Waals surface area (Å²) in [6, 6.07) is -2.50. The van der Waals surface area contributed by atoms with Crippen LogP contribution in [0.4, 0.5) is 0 Å². The molecule has 2 rings (SSSR count). The third-order valence-corrected chi connectivity index (χ3v) is 5.18. The van der Waals surface area contributed by atoms with Crippen molar-refractivity contribution < 1.29 is 29.1 Å². The van der Waals surface area contributed by atoms with E-state index in [-0.39, 0.29) is 30.9 Å². The van der Waals surface area contributed by atoms with Crippen molar-refractivity contribution in [3.63, 3.8) is 0 Å². The van der Waals surface area contributed by atoms with Gasteiger partial charge in [0.25, 0.3) is 0 Å². The van der Waals surface area contributed by atoms with Crippen LogP contribution < -0.4 is 32.7 Å². The zero-order valence-corrected chi connectivity index (χ0v) is 17.1. The van der Waals surface area contributed by atoms with Gasteiger partial charge in [-0.1, -0.05) is 0 Å².